The molecule has 1 aliphatic heterocycles. The van der Waals surface area contributed by atoms with E-state index in [1.165, 1.54) is 37.7 Å². The molecule has 0 radical (unpaired) electrons. The van der Waals surface area contributed by atoms with Crippen LogP contribution in [0, 0.1) is 0 Å². The number of rotatable bonds is 5. The number of aliphatic hydroxyl groups excluding tert-OH is 1. The van der Waals surface area contributed by atoms with Crippen molar-refractivity contribution in [2.24, 2.45) is 0 Å². The van der Waals surface area contributed by atoms with E-state index in [1.54, 1.807) is 7.11 Å². The summed E-state index contributed by atoms with van der Waals surface area (Å²) in [5.41, 5.74) is 1.30. The predicted octanol–water partition coefficient (Wildman–Crippen LogP) is 2.55. The molecule has 1 aliphatic carbocycles. The number of benzene rings is 1. The summed E-state index contributed by atoms with van der Waals surface area (Å²) in [6.45, 7) is 3.14. The Morgan fingerprint density at radius 3 is 2.43 bits per heavy atom. The van der Waals surface area contributed by atoms with E-state index in [-0.39, 0.29) is 6.10 Å². The number of hydrogen-bond donors (Lipinski definition) is 2. The number of nitrogens with zero attached hydrogens (tertiary/aromatic N) is 1. The van der Waals surface area contributed by atoms with Gasteiger partial charge in [0, 0.05) is 31.7 Å². The van der Waals surface area contributed by atoms with Crippen molar-refractivity contribution in [1.82, 2.24) is 10.2 Å². The first kappa shape index (κ1) is 16.7. The summed E-state index contributed by atoms with van der Waals surface area (Å²) >= 11 is 0. The van der Waals surface area contributed by atoms with Crippen LogP contribution in [0.3, 0.4) is 0 Å². The second-order valence-electron chi connectivity index (χ2n) is 6.96. The SMILES string of the molecule is COc1ccc(CNC2CCN(C3CCCCC3O)CC2)cc1. The maximum atomic E-state index is 10.2. The minimum atomic E-state index is -0.104. The lowest BCUT2D eigenvalue weighted by atomic mass is 9.89. The molecule has 2 atom stereocenters. The number of aliphatic hydroxyl groups is 1. The highest BCUT2D eigenvalue weighted by Gasteiger charge is 2.31. The number of piperidine rings is 1. The molecule has 1 saturated heterocycles. The Morgan fingerprint density at radius 2 is 1.78 bits per heavy atom. The van der Waals surface area contributed by atoms with Crippen LogP contribution in [0.2, 0.25) is 0 Å². The first-order valence-corrected chi connectivity index (χ1v) is 9.04. The normalized spacial score (nSPS) is 27.0. The van der Waals surface area contributed by atoms with Gasteiger partial charge in [-0.05, 0) is 43.4 Å². The van der Waals surface area contributed by atoms with Crippen molar-refractivity contribution in [3.8, 4) is 5.75 Å². The monoisotopic (exact) mass is 318 g/mol. The molecule has 2 unspecified atom stereocenters. The topological polar surface area (TPSA) is 44.7 Å². The average molecular weight is 318 g/mol. The van der Waals surface area contributed by atoms with Crippen LogP contribution in [0.1, 0.15) is 44.1 Å². The Hall–Kier alpha value is -1.10. The minimum absolute atomic E-state index is 0.104. The fourth-order valence-electron chi connectivity index (χ4n) is 3.96. The van der Waals surface area contributed by atoms with Crippen molar-refractivity contribution in [2.45, 2.75) is 63.3 Å². The molecule has 1 aromatic rings. The van der Waals surface area contributed by atoms with E-state index in [4.69, 9.17) is 4.74 Å². The van der Waals surface area contributed by atoms with Gasteiger partial charge in [0.2, 0.25) is 0 Å². The fourth-order valence-corrected chi connectivity index (χ4v) is 3.96. The molecule has 0 bridgehead atoms. The number of methoxy groups -OCH3 is 1. The molecule has 3 rings (SSSR count). The first-order chi connectivity index (χ1) is 11.3. The van der Waals surface area contributed by atoms with Crippen LogP contribution < -0.4 is 10.1 Å². The standard InChI is InChI=1S/C19H30N2O2/c1-23-17-8-6-15(7-9-17)14-20-16-10-12-21(13-11-16)18-4-2-3-5-19(18)22/h6-9,16,18-20,22H,2-5,10-14H2,1H3. The molecule has 0 aromatic heterocycles. The van der Waals surface area contributed by atoms with Gasteiger partial charge in [0.25, 0.3) is 0 Å². The van der Waals surface area contributed by atoms with Crippen molar-refractivity contribution < 1.29 is 9.84 Å². The molecule has 4 nitrogen and oxygen atoms in total. The predicted molar refractivity (Wildman–Crippen MR) is 92.7 cm³/mol. The van der Waals surface area contributed by atoms with Crippen molar-refractivity contribution in [3.05, 3.63) is 29.8 Å². The van der Waals surface area contributed by atoms with Gasteiger partial charge in [-0.2, -0.15) is 0 Å². The van der Waals surface area contributed by atoms with Crippen LogP contribution in [0.25, 0.3) is 0 Å². The zero-order chi connectivity index (χ0) is 16.1. The summed E-state index contributed by atoms with van der Waals surface area (Å²) in [6.07, 6.45) is 6.88. The summed E-state index contributed by atoms with van der Waals surface area (Å²) in [4.78, 5) is 2.52. The molecule has 0 spiro atoms. The van der Waals surface area contributed by atoms with Crippen LogP contribution in [-0.4, -0.2) is 48.4 Å². The molecule has 1 heterocycles. The quantitative estimate of drug-likeness (QED) is 0.876. The first-order valence-electron chi connectivity index (χ1n) is 9.04. The summed E-state index contributed by atoms with van der Waals surface area (Å²) in [7, 11) is 1.70. The molecule has 1 saturated carbocycles. The molecule has 4 heteroatoms. The molecule has 1 aromatic carbocycles. The molecular weight excluding hydrogens is 288 g/mol. The van der Waals surface area contributed by atoms with E-state index in [1.807, 2.05) is 12.1 Å². The smallest absolute Gasteiger partial charge is 0.118 e. The Bertz CT molecular complexity index is 469. The van der Waals surface area contributed by atoms with Crippen molar-refractivity contribution >= 4 is 0 Å². The van der Waals surface area contributed by atoms with Crippen LogP contribution >= 0.6 is 0 Å². The van der Waals surface area contributed by atoms with E-state index in [0.717, 1.165) is 31.8 Å². The second kappa shape index (κ2) is 8.13. The summed E-state index contributed by atoms with van der Waals surface area (Å²) in [6, 6.07) is 9.28. The molecular formula is C19H30N2O2. The van der Waals surface area contributed by atoms with Gasteiger partial charge in [0.05, 0.1) is 13.2 Å². The third-order valence-electron chi connectivity index (χ3n) is 5.45. The Labute approximate surface area is 139 Å². The van der Waals surface area contributed by atoms with Gasteiger partial charge in [-0.1, -0.05) is 25.0 Å². The molecule has 23 heavy (non-hydrogen) atoms. The average Bonchev–Trinajstić information content (AvgIpc) is 2.61. The molecule has 2 aliphatic rings. The van der Waals surface area contributed by atoms with Gasteiger partial charge >= 0.3 is 0 Å². The number of ether oxygens (including phenoxy) is 1. The van der Waals surface area contributed by atoms with Gasteiger partial charge in [0.1, 0.15) is 5.75 Å². The van der Waals surface area contributed by atoms with E-state index in [2.05, 4.69) is 22.3 Å². The molecule has 2 fully saturated rings. The summed E-state index contributed by atoms with van der Waals surface area (Å²) < 4.78 is 5.20. The highest BCUT2D eigenvalue weighted by Crippen LogP contribution is 2.26. The van der Waals surface area contributed by atoms with Gasteiger partial charge in [0.15, 0.2) is 0 Å². The lowest BCUT2D eigenvalue weighted by Crippen LogP contribution is -2.51. The maximum absolute atomic E-state index is 10.2. The van der Waals surface area contributed by atoms with Crippen molar-refractivity contribution in [1.29, 1.82) is 0 Å². The number of likely N-dealkylation sites (tertiary alicyclic amines) is 1. The van der Waals surface area contributed by atoms with Crippen LogP contribution in [0.15, 0.2) is 24.3 Å². The Balaban J connectivity index is 1.42. The van der Waals surface area contributed by atoms with Gasteiger partial charge in [-0.15, -0.1) is 0 Å². The summed E-state index contributed by atoms with van der Waals surface area (Å²) in [5.74, 6) is 0.910. The highest BCUT2D eigenvalue weighted by molar-refractivity contribution is 5.27. The summed E-state index contributed by atoms with van der Waals surface area (Å²) in [5, 5.41) is 13.9. The lowest BCUT2D eigenvalue weighted by Gasteiger charge is -2.41. The van der Waals surface area contributed by atoms with E-state index >= 15 is 0 Å². The van der Waals surface area contributed by atoms with Crippen molar-refractivity contribution in [3.63, 3.8) is 0 Å². The minimum Gasteiger partial charge on any atom is -0.497 e. The zero-order valence-electron chi connectivity index (χ0n) is 14.2. The number of nitrogens with one attached hydrogen (secondary N) is 1. The number of hydrogen-bond acceptors (Lipinski definition) is 4. The van der Waals surface area contributed by atoms with Gasteiger partial charge < -0.3 is 15.2 Å². The third-order valence-corrected chi connectivity index (χ3v) is 5.45. The third kappa shape index (κ3) is 4.46. The largest absolute Gasteiger partial charge is 0.497 e. The molecule has 128 valence electrons. The van der Waals surface area contributed by atoms with E-state index < -0.39 is 0 Å². The molecule has 2 N–H and O–H groups in total. The van der Waals surface area contributed by atoms with E-state index in [0.29, 0.717) is 12.1 Å². The fraction of sp³-hybridized carbons (Fsp3) is 0.684. The lowest BCUT2D eigenvalue weighted by molar-refractivity contribution is 0.00714. The van der Waals surface area contributed by atoms with Gasteiger partial charge in [-0.3, -0.25) is 4.90 Å². The van der Waals surface area contributed by atoms with Crippen LogP contribution in [0.5, 0.6) is 5.75 Å². The Kier molecular flexibility index (Phi) is 5.92. The van der Waals surface area contributed by atoms with E-state index in [9.17, 15) is 5.11 Å². The maximum Gasteiger partial charge on any atom is 0.118 e. The van der Waals surface area contributed by atoms with Crippen LogP contribution in [-0.2, 0) is 6.54 Å². The molecule has 0 amide bonds. The second-order valence-corrected chi connectivity index (χ2v) is 6.96. The van der Waals surface area contributed by atoms with Crippen LogP contribution in [0.4, 0.5) is 0 Å². The van der Waals surface area contributed by atoms with Crippen molar-refractivity contribution in [2.75, 3.05) is 20.2 Å². The van der Waals surface area contributed by atoms with Gasteiger partial charge in [-0.25, -0.2) is 0 Å². The Morgan fingerprint density at radius 1 is 1.09 bits per heavy atom. The zero-order valence-corrected chi connectivity index (χ0v) is 14.2. The highest BCUT2D eigenvalue weighted by atomic mass is 16.5.